The van der Waals surface area contributed by atoms with Crippen molar-refractivity contribution in [1.82, 2.24) is 4.98 Å². The molecule has 0 bridgehead atoms. The van der Waals surface area contributed by atoms with Crippen molar-refractivity contribution in [3.05, 3.63) is 27.9 Å². The first-order valence-corrected chi connectivity index (χ1v) is 5.29. The molecule has 0 unspecified atom stereocenters. The van der Waals surface area contributed by atoms with Gasteiger partial charge in [0.1, 0.15) is 6.54 Å². The van der Waals surface area contributed by atoms with Crippen molar-refractivity contribution in [1.29, 1.82) is 0 Å². The van der Waals surface area contributed by atoms with E-state index < -0.39 is 42.3 Å². The second-order valence-electron chi connectivity index (χ2n) is 3.82. The molecule has 0 atom stereocenters. The van der Waals surface area contributed by atoms with Gasteiger partial charge >= 0.3 is 11.9 Å². The molecule has 0 aliphatic rings. The molecule has 0 aromatic carbocycles. The lowest BCUT2D eigenvalue weighted by atomic mass is 10.2. The fraction of sp³-hybridized carbons (Fsp3) is 0.500. The number of anilines is 1. The molecule has 0 radical (unpaired) electrons. The Morgan fingerprint density at radius 1 is 1.53 bits per heavy atom. The van der Waals surface area contributed by atoms with E-state index in [-0.39, 0.29) is 5.56 Å². The number of pyridine rings is 1. The van der Waals surface area contributed by atoms with Gasteiger partial charge in [-0.3, -0.25) is 10.1 Å². The number of aliphatic hydroxyl groups is 1. The fourth-order valence-electron chi connectivity index (χ4n) is 1.59. The van der Waals surface area contributed by atoms with Gasteiger partial charge in [0.25, 0.3) is 0 Å². The Morgan fingerprint density at radius 3 is 2.63 bits per heavy atom. The molecule has 0 saturated heterocycles. The van der Waals surface area contributed by atoms with E-state index in [1.165, 1.54) is 19.2 Å². The van der Waals surface area contributed by atoms with E-state index in [0.717, 1.165) is 0 Å². The maximum atomic E-state index is 12.4. The van der Waals surface area contributed by atoms with Crippen LogP contribution in [0.3, 0.4) is 0 Å². The summed E-state index contributed by atoms with van der Waals surface area (Å²) < 4.78 is 37.3. The molecule has 1 N–H and O–H groups in total. The van der Waals surface area contributed by atoms with Gasteiger partial charge in [0.15, 0.2) is 0 Å². The number of alkyl halides is 3. The van der Waals surface area contributed by atoms with E-state index >= 15 is 0 Å². The predicted octanol–water partition coefficient (Wildman–Crippen LogP) is 1.66. The third-order valence-corrected chi connectivity index (χ3v) is 2.33. The largest absolute Gasteiger partial charge is 0.405 e. The number of halogens is 3. The number of aromatic nitrogens is 1. The van der Waals surface area contributed by atoms with Crippen LogP contribution in [0.1, 0.15) is 5.56 Å². The number of aryl methyl sites for hydroxylation is 1. The Kier molecular flexibility index (Phi) is 4.65. The normalized spacial score (nSPS) is 11.4. The highest BCUT2D eigenvalue weighted by Crippen LogP contribution is 2.30. The monoisotopic (exact) mass is 279 g/mol. The summed E-state index contributed by atoms with van der Waals surface area (Å²) in [4.78, 5) is 14.4. The average molecular weight is 279 g/mol. The summed E-state index contributed by atoms with van der Waals surface area (Å²) in [6.45, 7) is -0.960. The lowest BCUT2D eigenvalue weighted by Crippen LogP contribution is -2.37. The van der Waals surface area contributed by atoms with Gasteiger partial charge in [-0.1, -0.05) is 0 Å². The van der Waals surface area contributed by atoms with Crippen LogP contribution >= 0.6 is 0 Å². The maximum absolute atomic E-state index is 12.4. The van der Waals surface area contributed by atoms with E-state index in [0.29, 0.717) is 4.90 Å². The molecular weight excluding hydrogens is 267 g/mol. The molecule has 0 fully saturated rings. The number of hydrogen-bond acceptors (Lipinski definition) is 5. The SMILES string of the molecule is Cc1ccnc(N(CCO)CC(F)(F)F)c1[N+](=O)[O-]. The molecule has 0 saturated carbocycles. The van der Waals surface area contributed by atoms with Crippen molar-refractivity contribution in [3.63, 3.8) is 0 Å². The van der Waals surface area contributed by atoms with Crippen molar-refractivity contribution >= 4 is 11.5 Å². The molecule has 1 heterocycles. The Morgan fingerprint density at radius 2 is 2.16 bits per heavy atom. The number of aliphatic hydroxyl groups excluding tert-OH is 1. The van der Waals surface area contributed by atoms with E-state index in [1.807, 2.05) is 0 Å². The van der Waals surface area contributed by atoms with Gasteiger partial charge in [0.05, 0.1) is 11.5 Å². The molecule has 0 aliphatic carbocycles. The van der Waals surface area contributed by atoms with Gasteiger partial charge in [-0.05, 0) is 13.0 Å². The van der Waals surface area contributed by atoms with Crippen LogP contribution in [0.2, 0.25) is 0 Å². The first-order chi connectivity index (χ1) is 8.76. The summed E-state index contributed by atoms with van der Waals surface area (Å²) in [7, 11) is 0. The Hall–Kier alpha value is -1.90. The van der Waals surface area contributed by atoms with Crippen LogP contribution in [0.15, 0.2) is 12.3 Å². The van der Waals surface area contributed by atoms with Crippen LogP contribution in [0, 0.1) is 17.0 Å². The topological polar surface area (TPSA) is 79.5 Å². The minimum absolute atomic E-state index is 0.208. The molecule has 1 rings (SSSR count). The number of hydrogen-bond donors (Lipinski definition) is 1. The van der Waals surface area contributed by atoms with Crippen LogP contribution in [0.5, 0.6) is 0 Å². The summed E-state index contributed by atoms with van der Waals surface area (Å²) in [5.41, 5.74) is -0.277. The van der Waals surface area contributed by atoms with Crippen molar-refractivity contribution in [2.75, 3.05) is 24.6 Å². The van der Waals surface area contributed by atoms with Gasteiger partial charge < -0.3 is 10.0 Å². The highest BCUT2D eigenvalue weighted by molar-refractivity contribution is 5.61. The summed E-state index contributed by atoms with van der Waals surface area (Å²) in [5.74, 6) is -0.392. The standard InChI is InChI=1S/C10H12F3N3O3/c1-7-2-3-14-9(8(7)16(18)19)15(4-5-17)6-10(11,12)13/h2-3,17H,4-6H2,1H3. The van der Waals surface area contributed by atoms with E-state index in [9.17, 15) is 23.3 Å². The third kappa shape index (κ3) is 4.05. The zero-order valence-corrected chi connectivity index (χ0v) is 10.0. The molecule has 0 amide bonds. The van der Waals surface area contributed by atoms with E-state index in [4.69, 9.17) is 5.11 Å². The van der Waals surface area contributed by atoms with Gasteiger partial charge in [-0.25, -0.2) is 4.98 Å². The van der Waals surface area contributed by atoms with E-state index in [2.05, 4.69) is 4.98 Å². The molecule has 0 spiro atoms. The first kappa shape index (κ1) is 15.2. The average Bonchev–Trinajstić information content (AvgIpc) is 2.25. The summed E-state index contributed by atoms with van der Waals surface area (Å²) >= 11 is 0. The maximum Gasteiger partial charge on any atom is 0.405 e. The molecule has 9 heteroatoms. The van der Waals surface area contributed by atoms with Gasteiger partial charge in [0, 0.05) is 18.3 Å². The summed E-state index contributed by atoms with van der Waals surface area (Å²) in [6.07, 6.45) is -3.35. The van der Waals surface area contributed by atoms with Crippen molar-refractivity contribution in [2.45, 2.75) is 13.1 Å². The van der Waals surface area contributed by atoms with Crippen molar-refractivity contribution < 1.29 is 23.2 Å². The number of nitrogens with zero attached hydrogens (tertiary/aromatic N) is 3. The van der Waals surface area contributed by atoms with Crippen LogP contribution in [-0.4, -0.2) is 40.9 Å². The summed E-state index contributed by atoms with van der Waals surface area (Å²) in [5, 5.41) is 19.7. The minimum Gasteiger partial charge on any atom is -0.395 e. The van der Waals surface area contributed by atoms with Crippen molar-refractivity contribution in [2.24, 2.45) is 0 Å². The molecule has 1 aromatic heterocycles. The minimum atomic E-state index is -4.55. The van der Waals surface area contributed by atoms with Gasteiger partial charge in [-0.15, -0.1) is 0 Å². The highest BCUT2D eigenvalue weighted by atomic mass is 19.4. The van der Waals surface area contributed by atoms with E-state index in [1.54, 1.807) is 0 Å². The first-order valence-electron chi connectivity index (χ1n) is 5.29. The van der Waals surface area contributed by atoms with Crippen LogP contribution in [-0.2, 0) is 0 Å². The molecule has 1 aromatic rings. The Bertz CT molecular complexity index is 465. The molecule has 106 valence electrons. The number of nitro groups is 1. The predicted molar refractivity (Wildman–Crippen MR) is 61.0 cm³/mol. The highest BCUT2D eigenvalue weighted by Gasteiger charge is 2.34. The van der Waals surface area contributed by atoms with Gasteiger partial charge in [-0.2, -0.15) is 13.2 Å². The molecule has 0 aliphatic heterocycles. The lowest BCUT2D eigenvalue weighted by Gasteiger charge is -2.23. The zero-order valence-electron chi connectivity index (χ0n) is 10.0. The molecule has 19 heavy (non-hydrogen) atoms. The van der Waals surface area contributed by atoms with Crippen molar-refractivity contribution in [3.8, 4) is 0 Å². The Balaban J connectivity index is 3.22. The van der Waals surface area contributed by atoms with Crippen LogP contribution in [0.25, 0.3) is 0 Å². The lowest BCUT2D eigenvalue weighted by molar-refractivity contribution is -0.384. The quantitative estimate of drug-likeness (QED) is 0.655. The van der Waals surface area contributed by atoms with Crippen LogP contribution in [0.4, 0.5) is 24.7 Å². The second-order valence-corrected chi connectivity index (χ2v) is 3.82. The smallest absolute Gasteiger partial charge is 0.395 e. The van der Waals surface area contributed by atoms with Gasteiger partial charge in [0.2, 0.25) is 5.82 Å². The van der Waals surface area contributed by atoms with Crippen LogP contribution < -0.4 is 4.90 Å². The number of rotatable bonds is 5. The zero-order chi connectivity index (χ0) is 14.6. The second kappa shape index (κ2) is 5.83. The molecule has 6 nitrogen and oxygen atoms in total. The summed E-state index contributed by atoms with van der Waals surface area (Å²) in [6, 6.07) is 1.34. The molecular formula is C10H12F3N3O3. The fourth-order valence-corrected chi connectivity index (χ4v) is 1.59. The third-order valence-electron chi connectivity index (χ3n) is 2.33. The Labute approximate surface area is 106 Å².